The first-order valence-corrected chi connectivity index (χ1v) is 9.26. The number of sulfonamides is 1. The molecule has 0 aliphatic rings. The number of hydrogen-bond acceptors (Lipinski definition) is 4. The van der Waals surface area contributed by atoms with Crippen molar-refractivity contribution in [1.82, 2.24) is 14.2 Å². The number of aromatic nitrogens is 1. The summed E-state index contributed by atoms with van der Waals surface area (Å²) in [5, 5.41) is 11.6. The van der Waals surface area contributed by atoms with Crippen molar-refractivity contribution in [3.63, 3.8) is 0 Å². The van der Waals surface area contributed by atoms with E-state index in [2.05, 4.69) is 5.32 Å². The number of hydrogen-bond donors (Lipinski definition) is 2. The molecule has 0 spiro atoms. The van der Waals surface area contributed by atoms with Gasteiger partial charge in [0.25, 0.3) is 5.91 Å². The van der Waals surface area contributed by atoms with E-state index in [9.17, 15) is 18.0 Å². The summed E-state index contributed by atoms with van der Waals surface area (Å²) in [5.74, 6) is -1.37. The van der Waals surface area contributed by atoms with Gasteiger partial charge in [0, 0.05) is 33.9 Å². The van der Waals surface area contributed by atoms with Gasteiger partial charge in [0.1, 0.15) is 10.6 Å². The van der Waals surface area contributed by atoms with Gasteiger partial charge in [0.05, 0.1) is 5.56 Å². The predicted octanol–water partition coefficient (Wildman–Crippen LogP) is 0.946. The Labute approximate surface area is 152 Å². The van der Waals surface area contributed by atoms with Crippen LogP contribution in [0.4, 0.5) is 0 Å². The van der Waals surface area contributed by atoms with E-state index in [1.807, 2.05) is 0 Å². The van der Waals surface area contributed by atoms with Gasteiger partial charge in [0.15, 0.2) is 0 Å². The fourth-order valence-corrected chi connectivity index (χ4v) is 3.31. The topological polar surface area (TPSA) is 109 Å². The first-order chi connectivity index (χ1) is 12.1. The van der Waals surface area contributed by atoms with Crippen molar-refractivity contribution in [2.75, 3.05) is 20.6 Å². The lowest BCUT2D eigenvalue weighted by atomic mass is 10.1. The van der Waals surface area contributed by atoms with E-state index < -0.39 is 16.0 Å². The highest BCUT2D eigenvalue weighted by atomic mass is 32.2. The SMILES string of the molecule is CN(C)S(=O)(=O)c1cc(C(=O)NCCc2ccc(C(=O)O)cc2)n(C)c1. The number of carboxylic acids is 1. The molecule has 0 aliphatic heterocycles. The number of aryl methyl sites for hydroxylation is 1. The summed E-state index contributed by atoms with van der Waals surface area (Å²) >= 11 is 0. The van der Waals surface area contributed by atoms with Crippen LogP contribution < -0.4 is 5.32 Å². The van der Waals surface area contributed by atoms with Crippen LogP contribution in [0.5, 0.6) is 0 Å². The van der Waals surface area contributed by atoms with Crippen LogP contribution in [0.1, 0.15) is 26.4 Å². The minimum atomic E-state index is -3.60. The highest BCUT2D eigenvalue weighted by Gasteiger charge is 2.22. The number of carbonyl (C=O) groups is 2. The Balaban J connectivity index is 2.00. The molecule has 1 aromatic carbocycles. The van der Waals surface area contributed by atoms with Crippen LogP contribution in [0.2, 0.25) is 0 Å². The highest BCUT2D eigenvalue weighted by Crippen LogP contribution is 2.16. The van der Waals surface area contributed by atoms with Gasteiger partial charge < -0.3 is 15.0 Å². The molecule has 2 rings (SSSR count). The second kappa shape index (κ2) is 7.71. The van der Waals surface area contributed by atoms with Crippen molar-refractivity contribution in [2.45, 2.75) is 11.3 Å². The summed E-state index contributed by atoms with van der Waals surface area (Å²) in [6.07, 6.45) is 1.92. The Hall–Kier alpha value is -2.65. The Morgan fingerprint density at radius 2 is 1.81 bits per heavy atom. The first kappa shape index (κ1) is 19.7. The smallest absolute Gasteiger partial charge is 0.335 e. The fourth-order valence-electron chi connectivity index (χ4n) is 2.34. The number of benzene rings is 1. The molecule has 140 valence electrons. The van der Waals surface area contributed by atoms with Gasteiger partial charge in [-0.05, 0) is 30.2 Å². The van der Waals surface area contributed by atoms with Crippen LogP contribution in [-0.4, -0.2) is 54.9 Å². The number of carboxylic acid groups (broad SMARTS) is 1. The number of amides is 1. The van der Waals surface area contributed by atoms with Gasteiger partial charge in [-0.15, -0.1) is 0 Å². The molecule has 0 fully saturated rings. The highest BCUT2D eigenvalue weighted by molar-refractivity contribution is 7.89. The molecule has 1 amide bonds. The summed E-state index contributed by atoms with van der Waals surface area (Å²) in [5.41, 5.74) is 1.33. The van der Waals surface area contributed by atoms with E-state index in [0.717, 1.165) is 9.87 Å². The van der Waals surface area contributed by atoms with E-state index in [-0.39, 0.29) is 22.1 Å². The zero-order chi connectivity index (χ0) is 19.5. The molecule has 1 aromatic heterocycles. The zero-order valence-electron chi connectivity index (χ0n) is 14.8. The quantitative estimate of drug-likeness (QED) is 0.744. The molecule has 0 atom stereocenters. The van der Waals surface area contributed by atoms with Crippen molar-refractivity contribution in [3.8, 4) is 0 Å². The second-order valence-electron chi connectivity index (χ2n) is 5.97. The summed E-state index contributed by atoms with van der Waals surface area (Å²) in [7, 11) is 0.860. The maximum Gasteiger partial charge on any atom is 0.335 e. The molecule has 0 bridgehead atoms. The van der Waals surface area contributed by atoms with Gasteiger partial charge in [-0.3, -0.25) is 4.79 Å². The summed E-state index contributed by atoms with van der Waals surface area (Å²) in [4.78, 5) is 23.2. The van der Waals surface area contributed by atoms with Crippen molar-refractivity contribution in [1.29, 1.82) is 0 Å². The number of carbonyl (C=O) groups excluding carboxylic acids is 1. The summed E-state index contributed by atoms with van der Waals surface area (Å²) in [6, 6.07) is 7.75. The van der Waals surface area contributed by atoms with Crippen molar-refractivity contribution in [2.24, 2.45) is 7.05 Å². The van der Waals surface area contributed by atoms with Crippen LogP contribution in [0.15, 0.2) is 41.4 Å². The molecule has 26 heavy (non-hydrogen) atoms. The van der Waals surface area contributed by atoms with E-state index in [1.54, 1.807) is 19.2 Å². The van der Waals surface area contributed by atoms with E-state index in [4.69, 9.17) is 5.11 Å². The molecule has 2 aromatic rings. The van der Waals surface area contributed by atoms with Crippen LogP contribution in [0.3, 0.4) is 0 Å². The molecule has 2 N–H and O–H groups in total. The lowest BCUT2D eigenvalue weighted by Crippen LogP contribution is -2.27. The fraction of sp³-hybridized carbons (Fsp3) is 0.294. The van der Waals surface area contributed by atoms with Crippen molar-refractivity contribution < 1.29 is 23.1 Å². The average molecular weight is 379 g/mol. The van der Waals surface area contributed by atoms with Gasteiger partial charge in [-0.25, -0.2) is 17.5 Å². The third kappa shape index (κ3) is 4.30. The van der Waals surface area contributed by atoms with E-state index >= 15 is 0 Å². The van der Waals surface area contributed by atoms with Gasteiger partial charge in [-0.2, -0.15) is 0 Å². The van der Waals surface area contributed by atoms with E-state index in [1.165, 1.54) is 43.1 Å². The van der Waals surface area contributed by atoms with E-state index in [0.29, 0.717) is 13.0 Å². The largest absolute Gasteiger partial charge is 0.478 e. The maximum absolute atomic E-state index is 12.3. The second-order valence-corrected chi connectivity index (χ2v) is 8.12. The minimum Gasteiger partial charge on any atom is -0.478 e. The Bertz CT molecular complexity index is 914. The number of aromatic carboxylic acids is 1. The summed E-state index contributed by atoms with van der Waals surface area (Å²) < 4.78 is 26.8. The lowest BCUT2D eigenvalue weighted by molar-refractivity contribution is 0.0696. The third-order valence-corrected chi connectivity index (χ3v) is 5.67. The van der Waals surface area contributed by atoms with Crippen molar-refractivity contribution in [3.05, 3.63) is 53.3 Å². The molecule has 1 heterocycles. The average Bonchev–Trinajstić information content (AvgIpc) is 2.97. The van der Waals surface area contributed by atoms with Crippen molar-refractivity contribution >= 4 is 21.9 Å². The first-order valence-electron chi connectivity index (χ1n) is 7.82. The molecular weight excluding hydrogens is 358 g/mol. The monoisotopic (exact) mass is 379 g/mol. The van der Waals surface area contributed by atoms with Crippen LogP contribution >= 0.6 is 0 Å². The third-order valence-electron chi connectivity index (χ3n) is 3.89. The molecule has 0 aliphatic carbocycles. The Morgan fingerprint density at radius 3 is 2.35 bits per heavy atom. The Morgan fingerprint density at radius 1 is 1.19 bits per heavy atom. The van der Waals surface area contributed by atoms with Gasteiger partial charge >= 0.3 is 5.97 Å². The molecule has 0 unspecified atom stereocenters. The standard InChI is InChI=1S/C17H21N3O5S/c1-19(2)26(24,25)14-10-15(20(3)11-14)16(21)18-9-8-12-4-6-13(7-5-12)17(22)23/h4-7,10-11H,8-9H2,1-3H3,(H,18,21)(H,22,23). The molecular formula is C17H21N3O5S. The molecule has 0 saturated carbocycles. The van der Waals surface area contributed by atoms with Crippen LogP contribution in [0, 0.1) is 0 Å². The number of nitrogens with zero attached hydrogens (tertiary/aromatic N) is 2. The summed E-state index contributed by atoms with van der Waals surface area (Å²) in [6.45, 7) is 0.339. The van der Waals surface area contributed by atoms with Gasteiger partial charge in [-0.1, -0.05) is 12.1 Å². The molecule has 0 saturated heterocycles. The van der Waals surface area contributed by atoms with Gasteiger partial charge in [0.2, 0.25) is 10.0 Å². The minimum absolute atomic E-state index is 0.0550. The van der Waals surface area contributed by atoms with Crippen LogP contribution in [0.25, 0.3) is 0 Å². The lowest BCUT2D eigenvalue weighted by Gasteiger charge is -2.08. The predicted molar refractivity (Wildman–Crippen MR) is 95.7 cm³/mol. The Kier molecular flexibility index (Phi) is 5.83. The number of nitrogens with one attached hydrogen (secondary N) is 1. The molecule has 9 heteroatoms. The maximum atomic E-state index is 12.3. The number of rotatable bonds is 7. The zero-order valence-corrected chi connectivity index (χ0v) is 15.6. The molecule has 8 nitrogen and oxygen atoms in total. The normalized spacial score (nSPS) is 11.5. The molecule has 0 radical (unpaired) electrons. The van der Waals surface area contributed by atoms with Crippen LogP contribution in [-0.2, 0) is 23.5 Å².